The summed E-state index contributed by atoms with van der Waals surface area (Å²) in [4.78, 5) is 0. The molecule has 0 amide bonds. The molecule has 0 aromatic heterocycles. The van der Waals surface area contributed by atoms with Crippen LogP contribution in [0.1, 0.15) is 85.0 Å². The van der Waals surface area contributed by atoms with Gasteiger partial charge in [0.25, 0.3) is 0 Å². The molecule has 176 valence electrons. The summed E-state index contributed by atoms with van der Waals surface area (Å²) in [7, 11) is -4.15. The van der Waals surface area contributed by atoms with Gasteiger partial charge in [-0.25, -0.2) is 8.42 Å². The van der Waals surface area contributed by atoms with Gasteiger partial charge in [0, 0.05) is 18.8 Å². The van der Waals surface area contributed by atoms with Gasteiger partial charge in [0.2, 0.25) is 0 Å². The summed E-state index contributed by atoms with van der Waals surface area (Å²) in [6, 6.07) is 0. The van der Waals surface area contributed by atoms with Gasteiger partial charge in [-0.05, 0) is 32.1 Å². The summed E-state index contributed by atoms with van der Waals surface area (Å²) >= 11 is 0. The summed E-state index contributed by atoms with van der Waals surface area (Å²) in [5.41, 5.74) is 0. The average molecular weight is 438 g/mol. The van der Waals surface area contributed by atoms with E-state index in [1.165, 1.54) is 38.5 Å². The van der Waals surface area contributed by atoms with Crippen molar-refractivity contribution in [3.63, 3.8) is 0 Å². The maximum Gasteiger partial charge on any atom is 0.102 e. The lowest BCUT2D eigenvalue weighted by Gasteiger charge is -2.39. The van der Waals surface area contributed by atoms with Crippen LogP contribution < -0.4 is 0 Å². The lowest BCUT2D eigenvalue weighted by atomic mass is 10.1. The smallest absolute Gasteiger partial charge is 0.102 e. The van der Waals surface area contributed by atoms with E-state index in [9.17, 15) is 13.0 Å². The predicted octanol–water partition coefficient (Wildman–Crippen LogP) is 4.34. The molecule has 29 heavy (non-hydrogen) atoms. The molecule has 0 radical (unpaired) electrons. The second kappa shape index (κ2) is 18.6. The van der Waals surface area contributed by atoms with Crippen molar-refractivity contribution in [3.05, 3.63) is 0 Å². The predicted molar refractivity (Wildman–Crippen MR) is 119 cm³/mol. The van der Waals surface area contributed by atoms with E-state index < -0.39 is 10.1 Å². The minimum absolute atomic E-state index is 0.261. The van der Waals surface area contributed by atoms with Crippen molar-refractivity contribution in [3.8, 4) is 0 Å². The molecule has 0 aliphatic heterocycles. The van der Waals surface area contributed by atoms with Crippen molar-refractivity contribution in [2.75, 3.05) is 58.4 Å². The van der Waals surface area contributed by atoms with Crippen LogP contribution in [0.4, 0.5) is 0 Å². The molecule has 0 atom stereocenters. The summed E-state index contributed by atoms with van der Waals surface area (Å²) in [5.74, 6) is -0.261. The van der Waals surface area contributed by atoms with Crippen LogP contribution in [0.5, 0.6) is 0 Å². The molecule has 0 heterocycles. The fourth-order valence-corrected chi connectivity index (χ4v) is 4.20. The summed E-state index contributed by atoms with van der Waals surface area (Å²) in [6.45, 7) is 12.9. The standard InChI is InChI=1S/C22H47NO5S/c1-4-7-9-11-14-23(15-12-10-8-5-2,16-13-22-29(24,25)26)17-19-28-21-20-27-18-6-3/h4-22H2,1-3H3. The molecule has 0 aromatic rings. The van der Waals surface area contributed by atoms with Crippen LogP contribution in [0.25, 0.3) is 0 Å². The summed E-state index contributed by atoms with van der Waals surface area (Å²) < 4.78 is 45.5. The van der Waals surface area contributed by atoms with Crippen molar-refractivity contribution in [1.29, 1.82) is 0 Å². The third-order valence-corrected chi connectivity index (χ3v) is 6.22. The third-order valence-electron chi connectivity index (χ3n) is 5.43. The van der Waals surface area contributed by atoms with Gasteiger partial charge in [0.1, 0.15) is 6.54 Å². The number of hydrogen-bond donors (Lipinski definition) is 0. The molecule has 0 N–H and O–H groups in total. The Bertz CT molecular complexity index is 444. The Hall–Kier alpha value is -0.210. The van der Waals surface area contributed by atoms with Crippen LogP contribution in [-0.2, 0) is 19.6 Å². The Kier molecular flexibility index (Phi) is 18.4. The molecule has 0 unspecified atom stereocenters. The van der Waals surface area contributed by atoms with Gasteiger partial charge in [-0.3, -0.25) is 0 Å². The Labute approximate surface area is 180 Å². The fourth-order valence-electron chi connectivity index (χ4n) is 3.72. The first-order valence-corrected chi connectivity index (χ1v) is 13.4. The highest BCUT2D eigenvalue weighted by atomic mass is 32.2. The van der Waals surface area contributed by atoms with E-state index in [1.54, 1.807) is 0 Å². The molecule has 0 saturated heterocycles. The molecule has 0 fully saturated rings. The monoisotopic (exact) mass is 437 g/mol. The van der Waals surface area contributed by atoms with Crippen molar-refractivity contribution in [2.45, 2.75) is 85.0 Å². The first kappa shape index (κ1) is 28.8. The molecule has 7 heteroatoms. The maximum absolute atomic E-state index is 11.1. The molecule has 0 rings (SSSR count). The molecule has 0 saturated carbocycles. The first-order valence-electron chi connectivity index (χ1n) is 11.8. The van der Waals surface area contributed by atoms with Gasteiger partial charge < -0.3 is 18.5 Å². The van der Waals surface area contributed by atoms with Crippen molar-refractivity contribution >= 4 is 10.1 Å². The number of rotatable bonds is 22. The Balaban J connectivity index is 4.78. The normalized spacial score (nSPS) is 12.6. The fraction of sp³-hybridized carbons (Fsp3) is 1.00. The minimum Gasteiger partial charge on any atom is -0.748 e. The third kappa shape index (κ3) is 18.3. The lowest BCUT2D eigenvalue weighted by molar-refractivity contribution is -0.929. The highest BCUT2D eigenvalue weighted by Gasteiger charge is 2.26. The van der Waals surface area contributed by atoms with Crippen LogP contribution in [0.2, 0.25) is 0 Å². The summed E-state index contributed by atoms with van der Waals surface area (Å²) in [6.07, 6.45) is 11.0. The van der Waals surface area contributed by atoms with Gasteiger partial charge in [-0.2, -0.15) is 0 Å². The second-order valence-corrected chi connectivity index (χ2v) is 9.72. The SMILES string of the molecule is CCCCCC[N+](CCCCCC)(CCCS(=O)(=O)[O-])CCOCCOCCC. The Morgan fingerprint density at radius 1 is 0.621 bits per heavy atom. The van der Waals surface area contributed by atoms with Gasteiger partial charge in [-0.1, -0.05) is 46.5 Å². The molecule has 0 aromatic carbocycles. The zero-order chi connectivity index (χ0) is 21.8. The second-order valence-electron chi connectivity index (χ2n) is 8.20. The zero-order valence-corrected chi connectivity index (χ0v) is 20.1. The minimum atomic E-state index is -4.15. The highest BCUT2D eigenvalue weighted by Crippen LogP contribution is 2.16. The molecule has 0 aliphatic rings. The van der Waals surface area contributed by atoms with Crippen molar-refractivity contribution < 1.29 is 26.9 Å². The van der Waals surface area contributed by atoms with E-state index in [2.05, 4.69) is 20.8 Å². The van der Waals surface area contributed by atoms with E-state index in [0.717, 1.165) is 56.5 Å². The number of ether oxygens (including phenoxy) is 2. The topological polar surface area (TPSA) is 75.7 Å². The molecular weight excluding hydrogens is 390 g/mol. The van der Waals surface area contributed by atoms with Crippen LogP contribution in [0, 0.1) is 0 Å². The molecule has 0 bridgehead atoms. The Morgan fingerprint density at radius 2 is 1.14 bits per heavy atom. The zero-order valence-electron chi connectivity index (χ0n) is 19.3. The van der Waals surface area contributed by atoms with Crippen LogP contribution in [-0.4, -0.2) is 75.8 Å². The number of quaternary nitrogens is 1. The number of nitrogens with zero attached hydrogens (tertiary/aromatic N) is 1. The van der Waals surface area contributed by atoms with Crippen molar-refractivity contribution in [2.24, 2.45) is 0 Å². The molecule has 6 nitrogen and oxygen atoms in total. The quantitative estimate of drug-likeness (QED) is 0.143. The number of unbranched alkanes of at least 4 members (excludes halogenated alkanes) is 6. The van der Waals surface area contributed by atoms with Crippen molar-refractivity contribution in [1.82, 2.24) is 0 Å². The Morgan fingerprint density at radius 3 is 1.62 bits per heavy atom. The highest BCUT2D eigenvalue weighted by molar-refractivity contribution is 7.85. The van der Waals surface area contributed by atoms with Gasteiger partial charge >= 0.3 is 0 Å². The van der Waals surface area contributed by atoms with E-state index in [0.29, 0.717) is 26.2 Å². The van der Waals surface area contributed by atoms with Gasteiger partial charge in [0.15, 0.2) is 0 Å². The molecule has 0 aliphatic carbocycles. The van der Waals surface area contributed by atoms with E-state index >= 15 is 0 Å². The largest absolute Gasteiger partial charge is 0.748 e. The molecule has 0 spiro atoms. The maximum atomic E-state index is 11.1. The number of hydrogen-bond acceptors (Lipinski definition) is 5. The summed E-state index contributed by atoms with van der Waals surface area (Å²) in [5, 5.41) is 0. The van der Waals surface area contributed by atoms with Crippen LogP contribution in [0.15, 0.2) is 0 Å². The van der Waals surface area contributed by atoms with E-state index in [-0.39, 0.29) is 5.75 Å². The first-order chi connectivity index (χ1) is 13.9. The lowest BCUT2D eigenvalue weighted by Crippen LogP contribution is -2.52. The van der Waals surface area contributed by atoms with Crippen LogP contribution >= 0.6 is 0 Å². The van der Waals surface area contributed by atoms with Gasteiger partial charge in [-0.15, -0.1) is 0 Å². The molecular formula is C22H47NO5S. The van der Waals surface area contributed by atoms with Crippen LogP contribution in [0.3, 0.4) is 0 Å². The van der Waals surface area contributed by atoms with Gasteiger partial charge in [0.05, 0.1) is 49.6 Å². The van der Waals surface area contributed by atoms with E-state index in [4.69, 9.17) is 9.47 Å². The average Bonchev–Trinajstić information content (AvgIpc) is 2.67. The van der Waals surface area contributed by atoms with E-state index in [1.807, 2.05) is 0 Å².